The molecule has 0 unspecified atom stereocenters. The molecule has 0 bridgehead atoms. The van der Waals surface area contributed by atoms with Gasteiger partial charge >= 0.3 is 5.97 Å². The van der Waals surface area contributed by atoms with Crippen LogP contribution in [0.4, 0.5) is 17.1 Å². The number of aliphatic carboxylic acids is 1. The van der Waals surface area contributed by atoms with Gasteiger partial charge in [0.1, 0.15) is 6.54 Å². The molecule has 5 N–H and O–H groups in total. The van der Waals surface area contributed by atoms with E-state index in [0.717, 1.165) is 35.3 Å². The van der Waals surface area contributed by atoms with E-state index in [1.54, 1.807) is 12.4 Å². The van der Waals surface area contributed by atoms with Crippen LogP contribution in [0.3, 0.4) is 0 Å². The van der Waals surface area contributed by atoms with E-state index < -0.39 is 18.1 Å². The second-order valence-electron chi connectivity index (χ2n) is 9.65. The molecule has 2 aromatic rings. The smallest absolute Gasteiger partial charge is 0.323 e. The van der Waals surface area contributed by atoms with Crippen LogP contribution in [0, 0.1) is 5.92 Å². The lowest BCUT2D eigenvalue weighted by Gasteiger charge is -2.33. The number of nitrogens with zero attached hydrogens (tertiary/aromatic N) is 3. The Morgan fingerprint density at radius 2 is 1.67 bits per heavy atom. The van der Waals surface area contributed by atoms with Crippen molar-refractivity contribution < 1.29 is 33.6 Å². The van der Waals surface area contributed by atoms with Gasteiger partial charge in [-0.3, -0.25) is 19.4 Å². The lowest BCUT2D eigenvalue weighted by Crippen LogP contribution is -2.41. The predicted octanol–water partition coefficient (Wildman–Crippen LogP) is 0.620. The molecule has 3 heterocycles. The SMILES string of the molecule is NCCOCCOCCOCCOCCNc1cncc(N2CCC[C@H](C(=O)Nc3ccc(=O)n(CC(=O)O)c3)C2)c1. The summed E-state index contributed by atoms with van der Waals surface area (Å²) in [7, 11) is 0. The molecule has 2 aromatic heterocycles. The van der Waals surface area contributed by atoms with Gasteiger partial charge in [-0.1, -0.05) is 0 Å². The van der Waals surface area contributed by atoms with Gasteiger partial charge in [0.15, 0.2) is 0 Å². The van der Waals surface area contributed by atoms with Crippen LogP contribution in [0.15, 0.2) is 41.6 Å². The fourth-order valence-corrected chi connectivity index (χ4v) is 4.35. The molecule has 14 heteroatoms. The number of anilines is 3. The van der Waals surface area contributed by atoms with Gasteiger partial charge in [0.2, 0.25) is 5.91 Å². The fraction of sp³-hybridized carbons (Fsp3) is 0.571. The largest absolute Gasteiger partial charge is 0.480 e. The van der Waals surface area contributed by atoms with Crippen LogP contribution in [0.2, 0.25) is 0 Å². The lowest BCUT2D eigenvalue weighted by atomic mass is 9.96. The van der Waals surface area contributed by atoms with Crippen LogP contribution in [-0.4, -0.2) is 106 Å². The minimum atomic E-state index is -1.13. The highest BCUT2D eigenvalue weighted by molar-refractivity contribution is 5.93. The number of ether oxygens (including phenoxy) is 4. The van der Waals surface area contributed by atoms with Gasteiger partial charge in [-0.25, -0.2) is 0 Å². The van der Waals surface area contributed by atoms with Crippen molar-refractivity contribution in [2.75, 3.05) is 94.6 Å². The zero-order valence-electron chi connectivity index (χ0n) is 23.9. The van der Waals surface area contributed by atoms with E-state index in [0.29, 0.717) is 78.2 Å². The number of carboxylic acids is 1. The van der Waals surface area contributed by atoms with Gasteiger partial charge in [0.25, 0.3) is 5.56 Å². The molecule has 3 rings (SSSR count). The summed E-state index contributed by atoms with van der Waals surface area (Å²) < 4.78 is 22.8. The third-order valence-electron chi connectivity index (χ3n) is 6.39. The number of nitrogens with two attached hydrogens (primary N) is 1. The Labute approximate surface area is 245 Å². The maximum atomic E-state index is 13.0. The molecule has 1 aliphatic heterocycles. The first-order chi connectivity index (χ1) is 20.5. The van der Waals surface area contributed by atoms with Gasteiger partial charge in [-0.05, 0) is 25.0 Å². The van der Waals surface area contributed by atoms with Crippen LogP contribution in [-0.2, 0) is 35.1 Å². The van der Waals surface area contributed by atoms with Crippen LogP contribution in [0.5, 0.6) is 0 Å². The number of aromatic nitrogens is 2. The minimum Gasteiger partial charge on any atom is -0.480 e. The molecule has 42 heavy (non-hydrogen) atoms. The molecule has 1 aliphatic rings. The average Bonchev–Trinajstić information content (AvgIpc) is 2.99. The second-order valence-corrected chi connectivity index (χ2v) is 9.65. The summed E-state index contributed by atoms with van der Waals surface area (Å²) in [4.78, 5) is 42.3. The van der Waals surface area contributed by atoms with Gasteiger partial charge < -0.3 is 49.9 Å². The minimum absolute atomic E-state index is 0.177. The van der Waals surface area contributed by atoms with E-state index in [-0.39, 0.29) is 11.8 Å². The summed E-state index contributed by atoms with van der Waals surface area (Å²) in [5.41, 5.74) is 7.05. The zero-order valence-corrected chi connectivity index (χ0v) is 23.9. The van der Waals surface area contributed by atoms with Crippen molar-refractivity contribution in [2.45, 2.75) is 19.4 Å². The molecule has 0 aromatic carbocycles. The number of nitrogens with one attached hydrogen (secondary N) is 2. The van der Waals surface area contributed by atoms with Gasteiger partial charge in [0.05, 0.1) is 88.2 Å². The van der Waals surface area contributed by atoms with Crippen LogP contribution >= 0.6 is 0 Å². The van der Waals surface area contributed by atoms with Crippen molar-refractivity contribution in [3.8, 4) is 0 Å². The predicted molar refractivity (Wildman–Crippen MR) is 157 cm³/mol. The zero-order chi connectivity index (χ0) is 30.0. The molecular formula is C28H42N6O8. The van der Waals surface area contributed by atoms with E-state index >= 15 is 0 Å². The summed E-state index contributed by atoms with van der Waals surface area (Å²) in [5.74, 6) is -1.58. The molecule has 1 fully saturated rings. The first-order valence-electron chi connectivity index (χ1n) is 14.1. The molecule has 232 valence electrons. The molecule has 1 saturated heterocycles. The van der Waals surface area contributed by atoms with Crippen molar-refractivity contribution >= 4 is 28.9 Å². The number of pyridine rings is 2. The van der Waals surface area contributed by atoms with Gasteiger partial charge in [-0.15, -0.1) is 0 Å². The number of hydrogen-bond acceptors (Lipinski definition) is 11. The van der Waals surface area contributed by atoms with Crippen LogP contribution in [0.1, 0.15) is 12.8 Å². The van der Waals surface area contributed by atoms with E-state index in [1.165, 1.54) is 18.3 Å². The maximum Gasteiger partial charge on any atom is 0.323 e. The van der Waals surface area contributed by atoms with Crippen molar-refractivity contribution in [2.24, 2.45) is 11.7 Å². The second kappa shape index (κ2) is 18.8. The number of carbonyl (C=O) groups excluding carboxylic acids is 1. The molecule has 0 spiro atoms. The summed E-state index contributed by atoms with van der Waals surface area (Å²) in [6.45, 7) is 6.02. The number of hydrogen-bond donors (Lipinski definition) is 4. The Balaban J connectivity index is 1.34. The highest BCUT2D eigenvalue weighted by atomic mass is 16.6. The molecule has 14 nitrogen and oxygen atoms in total. The Bertz CT molecular complexity index is 1160. The Morgan fingerprint density at radius 1 is 0.976 bits per heavy atom. The number of carbonyl (C=O) groups is 2. The van der Waals surface area contributed by atoms with Crippen molar-refractivity contribution in [1.29, 1.82) is 0 Å². The van der Waals surface area contributed by atoms with E-state index in [1.807, 2.05) is 6.07 Å². The topological polar surface area (TPSA) is 180 Å². The normalized spacial score (nSPS) is 15.0. The van der Waals surface area contributed by atoms with E-state index in [9.17, 15) is 14.4 Å². The first kappa shape index (κ1) is 32.9. The third-order valence-corrected chi connectivity index (χ3v) is 6.39. The Kier molecular flexibility index (Phi) is 14.7. The summed E-state index contributed by atoms with van der Waals surface area (Å²) >= 11 is 0. The summed E-state index contributed by atoms with van der Waals surface area (Å²) in [6, 6.07) is 4.73. The van der Waals surface area contributed by atoms with E-state index in [2.05, 4.69) is 20.5 Å². The summed E-state index contributed by atoms with van der Waals surface area (Å²) in [6.07, 6.45) is 6.43. The van der Waals surface area contributed by atoms with Crippen molar-refractivity contribution in [3.63, 3.8) is 0 Å². The highest BCUT2D eigenvalue weighted by Crippen LogP contribution is 2.25. The van der Waals surface area contributed by atoms with Gasteiger partial charge in [0, 0.05) is 38.4 Å². The molecule has 0 saturated carbocycles. The maximum absolute atomic E-state index is 13.0. The standard InChI is InChI=1S/C28H42N6O8/c29-5-8-39-10-12-41-14-15-42-13-11-40-9-6-31-24-16-25(18-30-17-24)33-7-1-2-22(19-33)28(38)32-23-3-4-26(35)34(20-23)21-27(36)37/h3-4,16-18,20,22,31H,1-2,5-15,19,21,29H2,(H,32,38)(H,36,37)/t22-/m0/s1. The van der Waals surface area contributed by atoms with Crippen molar-refractivity contribution in [3.05, 3.63) is 47.1 Å². The number of carboxylic acid groups (broad SMARTS) is 1. The Morgan fingerprint density at radius 3 is 2.36 bits per heavy atom. The Hall–Kier alpha value is -3.56. The quantitative estimate of drug-likeness (QED) is 0.158. The number of amides is 1. The fourth-order valence-electron chi connectivity index (χ4n) is 4.35. The lowest BCUT2D eigenvalue weighted by molar-refractivity contribution is -0.137. The first-order valence-corrected chi connectivity index (χ1v) is 14.1. The van der Waals surface area contributed by atoms with Crippen molar-refractivity contribution in [1.82, 2.24) is 9.55 Å². The monoisotopic (exact) mass is 590 g/mol. The average molecular weight is 591 g/mol. The van der Waals surface area contributed by atoms with Gasteiger partial charge in [-0.2, -0.15) is 0 Å². The summed E-state index contributed by atoms with van der Waals surface area (Å²) in [5, 5.41) is 15.1. The third kappa shape index (κ3) is 12.1. The van der Waals surface area contributed by atoms with Crippen LogP contribution in [0.25, 0.3) is 0 Å². The number of piperidine rings is 1. The molecular weight excluding hydrogens is 548 g/mol. The molecule has 1 atom stereocenters. The highest BCUT2D eigenvalue weighted by Gasteiger charge is 2.26. The van der Waals surface area contributed by atoms with E-state index in [4.69, 9.17) is 29.8 Å². The molecule has 1 amide bonds. The van der Waals surface area contributed by atoms with Crippen LogP contribution < -0.4 is 26.8 Å². The molecule has 0 aliphatic carbocycles. The number of rotatable bonds is 20. The molecule has 0 radical (unpaired) electrons.